The lowest BCUT2D eigenvalue weighted by atomic mass is 9.89. The number of halogens is 4. The monoisotopic (exact) mass is 906 g/mol. The summed E-state index contributed by atoms with van der Waals surface area (Å²) in [6.07, 6.45) is -1.87. The first kappa shape index (κ1) is 46.7. The van der Waals surface area contributed by atoms with Crippen LogP contribution in [0.4, 0.5) is 33.9 Å². The molecular weight excluding hydrogens is 853 g/mol. The third kappa shape index (κ3) is 10.3. The number of H-pyrrole nitrogens is 1. The SMILES string of the molecule is CC1CN(C(=O)C(C)(C)C)CCN1c1ccc(NC(=O)c2ccc(-c3ccc(-c4cnc([C@@H]5C[C@H](C)CN5C(=O)[C@H](C5CCOCC5)N(C)C(=O)O)[nH]4)cc3)c(OC(F)(F)F)c2F)cn1. The summed E-state index contributed by atoms with van der Waals surface area (Å²) in [4.78, 5) is 71.3. The Morgan fingerprint density at radius 2 is 1.63 bits per heavy atom. The second-order valence-electron chi connectivity index (χ2n) is 18.1. The molecule has 19 heteroatoms. The topological polar surface area (TPSA) is 174 Å². The zero-order valence-electron chi connectivity index (χ0n) is 37.1. The summed E-state index contributed by atoms with van der Waals surface area (Å²) in [6.45, 7) is 12.4. The maximum Gasteiger partial charge on any atom is 0.573 e. The lowest BCUT2D eigenvalue weighted by Gasteiger charge is -2.42. The number of carbonyl (C=O) groups excluding carboxylic acids is 3. The normalized spacial score (nSPS) is 20.1. The van der Waals surface area contributed by atoms with Gasteiger partial charge in [0.05, 0.1) is 35.4 Å². The predicted molar refractivity (Wildman–Crippen MR) is 232 cm³/mol. The third-order valence-electron chi connectivity index (χ3n) is 12.3. The molecule has 0 bridgehead atoms. The molecule has 1 unspecified atom stereocenters. The number of likely N-dealkylation sites (N-methyl/N-ethyl adjacent to an activating group) is 1. The summed E-state index contributed by atoms with van der Waals surface area (Å²) in [5.41, 5.74) is 0.0261. The van der Waals surface area contributed by atoms with E-state index in [2.05, 4.69) is 25.0 Å². The number of benzene rings is 2. The smallest absolute Gasteiger partial charge is 0.465 e. The Morgan fingerprint density at radius 3 is 2.25 bits per heavy atom. The predicted octanol–water partition coefficient (Wildman–Crippen LogP) is 7.83. The van der Waals surface area contributed by atoms with E-state index < -0.39 is 53.0 Å². The number of anilines is 2. The van der Waals surface area contributed by atoms with Gasteiger partial charge in [0, 0.05) is 63.5 Å². The summed E-state index contributed by atoms with van der Waals surface area (Å²) in [5.74, 6) is -2.97. The maximum atomic E-state index is 16.0. The van der Waals surface area contributed by atoms with E-state index in [0.29, 0.717) is 81.6 Å². The number of nitrogens with one attached hydrogen (secondary N) is 2. The van der Waals surface area contributed by atoms with Crippen molar-refractivity contribution in [3.05, 3.63) is 78.1 Å². The molecule has 4 atom stereocenters. The molecule has 2 aromatic heterocycles. The van der Waals surface area contributed by atoms with Crippen LogP contribution in [0.3, 0.4) is 0 Å². The first-order chi connectivity index (χ1) is 30.7. The van der Waals surface area contributed by atoms with Crippen molar-refractivity contribution in [1.29, 1.82) is 0 Å². The molecule has 4 amide bonds. The van der Waals surface area contributed by atoms with Crippen molar-refractivity contribution < 1.29 is 51.3 Å². The molecule has 3 saturated heterocycles. The summed E-state index contributed by atoms with van der Waals surface area (Å²) >= 11 is 0. The van der Waals surface area contributed by atoms with E-state index in [9.17, 15) is 37.5 Å². The van der Waals surface area contributed by atoms with Crippen molar-refractivity contribution in [2.45, 2.75) is 78.4 Å². The van der Waals surface area contributed by atoms with Crippen molar-refractivity contribution in [2.24, 2.45) is 17.3 Å². The summed E-state index contributed by atoms with van der Waals surface area (Å²) in [6, 6.07) is 10.2. The molecule has 3 aliphatic rings. The van der Waals surface area contributed by atoms with E-state index >= 15 is 4.39 Å². The van der Waals surface area contributed by atoms with Crippen LogP contribution in [0.1, 0.15) is 76.1 Å². The van der Waals surface area contributed by atoms with E-state index in [-0.39, 0.29) is 46.5 Å². The summed E-state index contributed by atoms with van der Waals surface area (Å²) in [7, 11) is 1.41. The summed E-state index contributed by atoms with van der Waals surface area (Å²) in [5, 5.41) is 12.4. The Balaban J connectivity index is 1.06. The molecule has 348 valence electrons. The van der Waals surface area contributed by atoms with Gasteiger partial charge in [-0.15, -0.1) is 13.2 Å². The second-order valence-corrected chi connectivity index (χ2v) is 18.1. The second kappa shape index (κ2) is 18.7. The van der Waals surface area contributed by atoms with Gasteiger partial charge in [-0.1, -0.05) is 52.0 Å². The number of likely N-dealkylation sites (tertiary alicyclic amines) is 1. The Kier molecular flexibility index (Phi) is 13.4. The van der Waals surface area contributed by atoms with Crippen molar-refractivity contribution in [3.8, 4) is 28.1 Å². The standard InChI is InChI=1S/C46H54F4N8O7/c1-26-21-35(58(24-26)42(60)38(55(6)44(62)63)30-15-19-64-20-16-30)40-52-23-34(54-40)29-9-7-28(8-10-29)32-12-13-33(37(47)39(32)65-46(48,49)50)41(59)53-31-11-14-36(51-22-31)57-18-17-56(25-27(57)2)43(61)45(3,4)5/h7-14,22-23,26-27,30,35,38H,15-21,24-25H2,1-6H3,(H,52,54)(H,53,59)(H,62,63)/t26-,27?,35-,38-/m0/s1. The molecule has 15 nitrogen and oxygen atoms in total. The van der Waals surface area contributed by atoms with Crippen LogP contribution in [0.25, 0.3) is 22.4 Å². The average molecular weight is 907 g/mol. The number of rotatable bonds is 10. The number of amides is 4. The molecule has 4 aromatic rings. The largest absolute Gasteiger partial charge is 0.573 e. The van der Waals surface area contributed by atoms with Crippen LogP contribution >= 0.6 is 0 Å². The molecule has 3 fully saturated rings. The maximum absolute atomic E-state index is 16.0. The lowest BCUT2D eigenvalue weighted by molar-refractivity contribution is -0.275. The zero-order chi connectivity index (χ0) is 47.0. The number of pyridine rings is 1. The Hall–Kier alpha value is -6.24. The number of carbonyl (C=O) groups is 4. The van der Waals surface area contributed by atoms with Crippen LogP contribution in [0, 0.1) is 23.1 Å². The molecule has 65 heavy (non-hydrogen) atoms. The van der Waals surface area contributed by atoms with Gasteiger partial charge in [-0.05, 0) is 73.4 Å². The van der Waals surface area contributed by atoms with Gasteiger partial charge in [0.2, 0.25) is 11.8 Å². The average Bonchev–Trinajstić information content (AvgIpc) is 3.91. The Labute approximate surface area is 374 Å². The number of ether oxygens (including phenoxy) is 2. The molecule has 5 heterocycles. The summed E-state index contributed by atoms with van der Waals surface area (Å²) < 4.78 is 67.0. The van der Waals surface area contributed by atoms with Crippen molar-refractivity contribution >= 4 is 35.3 Å². The van der Waals surface area contributed by atoms with Crippen molar-refractivity contribution in [2.75, 3.05) is 56.7 Å². The Morgan fingerprint density at radius 1 is 0.938 bits per heavy atom. The van der Waals surface area contributed by atoms with Gasteiger partial charge < -0.3 is 39.6 Å². The fourth-order valence-corrected chi connectivity index (χ4v) is 8.99. The molecule has 0 aliphatic carbocycles. The van der Waals surface area contributed by atoms with Crippen molar-refractivity contribution in [1.82, 2.24) is 29.7 Å². The number of piperazine rings is 1. The van der Waals surface area contributed by atoms with E-state index in [1.165, 1.54) is 31.4 Å². The molecule has 2 aromatic carbocycles. The fraction of sp³-hybridized carbons (Fsp3) is 0.478. The fourth-order valence-electron chi connectivity index (χ4n) is 8.99. The highest BCUT2D eigenvalue weighted by molar-refractivity contribution is 6.05. The number of carboxylic acid groups (broad SMARTS) is 1. The minimum Gasteiger partial charge on any atom is -0.465 e. The number of alkyl halides is 3. The van der Waals surface area contributed by atoms with Gasteiger partial charge in [0.15, 0.2) is 11.6 Å². The van der Waals surface area contributed by atoms with E-state index in [1.807, 2.05) is 44.4 Å². The van der Waals surface area contributed by atoms with Gasteiger partial charge >= 0.3 is 12.5 Å². The van der Waals surface area contributed by atoms with E-state index in [1.54, 1.807) is 35.4 Å². The van der Waals surface area contributed by atoms with Crippen LogP contribution in [0.2, 0.25) is 0 Å². The van der Waals surface area contributed by atoms with Crippen LogP contribution in [0.15, 0.2) is 60.9 Å². The van der Waals surface area contributed by atoms with Gasteiger partial charge in [-0.25, -0.2) is 19.2 Å². The lowest BCUT2D eigenvalue weighted by Crippen LogP contribution is -2.56. The molecule has 0 radical (unpaired) electrons. The molecule has 3 N–H and O–H groups in total. The van der Waals surface area contributed by atoms with Gasteiger partial charge in [0.25, 0.3) is 5.91 Å². The van der Waals surface area contributed by atoms with Gasteiger partial charge in [-0.2, -0.15) is 0 Å². The van der Waals surface area contributed by atoms with Crippen LogP contribution < -0.4 is 15.0 Å². The molecule has 0 spiro atoms. The van der Waals surface area contributed by atoms with Crippen LogP contribution in [-0.2, 0) is 14.3 Å². The molecule has 7 rings (SSSR count). The van der Waals surface area contributed by atoms with Gasteiger partial charge in [-0.3, -0.25) is 19.3 Å². The van der Waals surface area contributed by atoms with Gasteiger partial charge in [0.1, 0.15) is 17.7 Å². The molecule has 0 saturated carbocycles. The highest BCUT2D eigenvalue weighted by Gasteiger charge is 2.44. The zero-order valence-corrected chi connectivity index (χ0v) is 37.1. The number of hydrogen-bond acceptors (Lipinski definition) is 9. The third-order valence-corrected chi connectivity index (χ3v) is 12.3. The van der Waals surface area contributed by atoms with E-state index in [4.69, 9.17) is 4.74 Å². The van der Waals surface area contributed by atoms with E-state index in [0.717, 1.165) is 11.0 Å². The Bertz CT molecular complexity index is 2380. The minimum absolute atomic E-state index is 0.0505. The molecule has 3 aliphatic heterocycles. The number of hydrogen-bond donors (Lipinski definition) is 3. The highest BCUT2D eigenvalue weighted by Crippen LogP contribution is 2.40. The highest BCUT2D eigenvalue weighted by atomic mass is 19.4. The number of aromatic amines is 1. The first-order valence-corrected chi connectivity index (χ1v) is 21.6. The quantitative estimate of drug-likeness (QED) is 0.133. The minimum atomic E-state index is -5.29. The number of nitrogens with zero attached hydrogens (tertiary/aromatic N) is 6. The first-order valence-electron chi connectivity index (χ1n) is 21.6. The number of aromatic nitrogens is 3. The molecular formula is C46H54F4N8O7. The van der Waals surface area contributed by atoms with Crippen molar-refractivity contribution in [3.63, 3.8) is 0 Å². The number of imidazole rings is 1. The van der Waals surface area contributed by atoms with Crippen LogP contribution in [-0.4, -0.2) is 123 Å². The van der Waals surface area contributed by atoms with Crippen LogP contribution in [0.5, 0.6) is 5.75 Å².